The van der Waals surface area contributed by atoms with Crippen molar-refractivity contribution < 1.29 is 24.2 Å². The molecule has 0 saturated heterocycles. The van der Waals surface area contributed by atoms with E-state index in [1.807, 2.05) is 31.2 Å². The Kier molecular flexibility index (Phi) is 9.70. The van der Waals surface area contributed by atoms with Crippen LogP contribution in [-0.4, -0.2) is 42.3 Å². The number of hydrogen-bond donors (Lipinski definition) is 3. The van der Waals surface area contributed by atoms with Gasteiger partial charge < -0.3 is 20.5 Å². The van der Waals surface area contributed by atoms with Crippen molar-refractivity contribution in [3.05, 3.63) is 59.7 Å². The van der Waals surface area contributed by atoms with E-state index in [-0.39, 0.29) is 30.8 Å². The van der Waals surface area contributed by atoms with Crippen LogP contribution >= 0.6 is 0 Å². The highest BCUT2D eigenvalue weighted by Crippen LogP contribution is 2.44. The molecule has 0 heterocycles. The van der Waals surface area contributed by atoms with Crippen LogP contribution in [0.3, 0.4) is 0 Å². The predicted molar refractivity (Wildman–Crippen MR) is 135 cm³/mol. The summed E-state index contributed by atoms with van der Waals surface area (Å²) in [4.78, 5) is 36.0. The summed E-state index contributed by atoms with van der Waals surface area (Å²) in [6, 6.07) is 15.6. The van der Waals surface area contributed by atoms with Gasteiger partial charge in [-0.25, -0.2) is 4.79 Å². The second kappa shape index (κ2) is 12.9. The van der Waals surface area contributed by atoms with Gasteiger partial charge in [0.1, 0.15) is 12.6 Å². The summed E-state index contributed by atoms with van der Waals surface area (Å²) in [7, 11) is 0. The summed E-state index contributed by atoms with van der Waals surface area (Å²) in [5.41, 5.74) is 4.59. The number of rotatable bonds is 13. The van der Waals surface area contributed by atoms with E-state index in [0.29, 0.717) is 25.8 Å². The maximum Gasteiger partial charge on any atom is 0.407 e. The smallest absolute Gasteiger partial charge is 0.407 e. The number of carboxylic acids is 1. The van der Waals surface area contributed by atoms with Crippen LogP contribution in [0.2, 0.25) is 0 Å². The Morgan fingerprint density at radius 1 is 0.943 bits per heavy atom. The molecule has 2 aromatic rings. The Hall–Kier alpha value is -3.35. The fourth-order valence-electron chi connectivity index (χ4n) is 4.83. The third-order valence-electron chi connectivity index (χ3n) is 6.68. The number of aliphatic carboxylic acids is 1. The van der Waals surface area contributed by atoms with E-state index in [2.05, 4.69) is 41.8 Å². The Morgan fingerprint density at radius 3 is 2.14 bits per heavy atom. The molecule has 1 aliphatic rings. The zero-order valence-corrected chi connectivity index (χ0v) is 20.6. The van der Waals surface area contributed by atoms with Crippen molar-refractivity contribution in [1.29, 1.82) is 0 Å². The van der Waals surface area contributed by atoms with Crippen LogP contribution in [0, 0.1) is 5.92 Å². The highest BCUT2D eigenvalue weighted by atomic mass is 16.5. The zero-order chi connectivity index (χ0) is 25.2. The van der Waals surface area contributed by atoms with E-state index in [9.17, 15) is 14.4 Å². The van der Waals surface area contributed by atoms with E-state index < -0.39 is 18.1 Å². The molecule has 3 N–H and O–H groups in total. The zero-order valence-electron chi connectivity index (χ0n) is 20.6. The van der Waals surface area contributed by atoms with Gasteiger partial charge in [-0.3, -0.25) is 9.59 Å². The molecule has 0 aromatic heterocycles. The number of nitrogens with one attached hydrogen (secondary N) is 2. The maximum absolute atomic E-state index is 12.6. The summed E-state index contributed by atoms with van der Waals surface area (Å²) in [5.74, 6) is -0.835. The molecule has 3 rings (SSSR count). The highest BCUT2D eigenvalue weighted by Gasteiger charge is 2.29. The lowest BCUT2D eigenvalue weighted by molar-refractivity contribution is -0.137. The van der Waals surface area contributed by atoms with Gasteiger partial charge in [-0.05, 0) is 47.4 Å². The minimum absolute atomic E-state index is 0.0386. The number of alkyl carbamates (subject to hydrolysis) is 1. The number of carbonyl (C=O) groups excluding carboxylic acids is 2. The van der Waals surface area contributed by atoms with Crippen molar-refractivity contribution in [2.45, 2.75) is 64.3 Å². The first-order chi connectivity index (χ1) is 16.9. The molecule has 2 unspecified atom stereocenters. The second-order valence-electron chi connectivity index (χ2n) is 9.10. The first-order valence-corrected chi connectivity index (χ1v) is 12.6. The molecule has 0 bridgehead atoms. The van der Waals surface area contributed by atoms with Gasteiger partial charge in [-0.1, -0.05) is 75.2 Å². The average Bonchev–Trinajstić information content (AvgIpc) is 3.18. The predicted octanol–water partition coefficient (Wildman–Crippen LogP) is 5.09. The molecule has 2 aromatic carbocycles. The molecule has 188 valence electrons. The average molecular weight is 481 g/mol. The Morgan fingerprint density at radius 2 is 1.57 bits per heavy atom. The highest BCUT2D eigenvalue weighted by molar-refractivity contribution is 5.85. The summed E-state index contributed by atoms with van der Waals surface area (Å²) < 4.78 is 5.57. The molecular weight excluding hydrogens is 444 g/mol. The molecule has 0 saturated carbocycles. The molecule has 35 heavy (non-hydrogen) atoms. The number of fused-ring (bicyclic) bond motifs is 3. The van der Waals surface area contributed by atoms with Gasteiger partial charge in [0.15, 0.2) is 0 Å². The molecule has 0 spiro atoms. The molecule has 2 atom stereocenters. The van der Waals surface area contributed by atoms with Gasteiger partial charge >= 0.3 is 12.1 Å². The monoisotopic (exact) mass is 480 g/mol. The maximum atomic E-state index is 12.6. The van der Waals surface area contributed by atoms with Crippen molar-refractivity contribution in [2.75, 3.05) is 13.2 Å². The Labute approximate surface area is 207 Å². The van der Waals surface area contributed by atoms with E-state index in [0.717, 1.165) is 35.1 Å². The van der Waals surface area contributed by atoms with Crippen LogP contribution in [0.4, 0.5) is 4.79 Å². The van der Waals surface area contributed by atoms with Crippen LogP contribution in [0.1, 0.15) is 69.4 Å². The van der Waals surface area contributed by atoms with Crippen LogP contribution in [-0.2, 0) is 14.3 Å². The van der Waals surface area contributed by atoms with Crippen LogP contribution in [0.5, 0.6) is 0 Å². The number of amides is 2. The minimum Gasteiger partial charge on any atom is -0.481 e. The number of carbonyl (C=O) groups is 3. The molecule has 7 nitrogen and oxygen atoms in total. The first kappa shape index (κ1) is 26.3. The molecule has 7 heteroatoms. The molecule has 0 fully saturated rings. The largest absolute Gasteiger partial charge is 0.481 e. The number of hydrogen-bond acceptors (Lipinski definition) is 4. The lowest BCUT2D eigenvalue weighted by atomic mass is 9.94. The first-order valence-electron chi connectivity index (χ1n) is 12.6. The van der Waals surface area contributed by atoms with Gasteiger partial charge in [0.25, 0.3) is 0 Å². The lowest BCUT2D eigenvalue weighted by Gasteiger charge is -2.20. The topological polar surface area (TPSA) is 105 Å². The summed E-state index contributed by atoms with van der Waals surface area (Å²) in [6.45, 7) is 4.55. The van der Waals surface area contributed by atoms with Crippen LogP contribution < -0.4 is 10.6 Å². The quantitative estimate of drug-likeness (QED) is 0.370. The molecule has 0 radical (unpaired) electrons. The van der Waals surface area contributed by atoms with Gasteiger partial charge in [-0.2, -0.15) is 0 Å². The van der Waals surface area contributed by atoms with E-state index in [1.165, 1.54) is 0 Å². The third-order valence-corrected chi connectivity index (χ3v) is 6.68. The summed E-state index contributed by atoms with van der Waals surface area (Å²) in [5, 5.41) is 14.5. The number of carboxylic acid groups (broad SMARTS) is 1. The van der Waals surface area contributed by atoms with Crippen LogP contribution in [0.15, 0.2) is 48.5 Å². The lowest BCUT2D eigenvalue weighted by Crippen LogP contribution is -2.47. The standard InChI is InChI=1S/C28H36N2O5/c1-3-9-19(14-15-26(31)32)16-17-29-27(33)25(4-2)30-28(34)35-18-24-22-12-7-5-10-20(22)21-11-6-8-13-23(21)24/h5-8,10-13,19,24-25H,3-4,9,14-18H2,1-2H3,(H,29,33)(H,30,34)(H,31,32). The Bertz CT molecular complexity index is 976. The van der Waals surface area contributed by atoms with Gasteiger partial charge in [0.05, 0.1) is 0 Å². The van der Waals surface area contributed by atoms with Crippen molar-refractivity contribution in [1.82, 2.24) is 10.6 Å². The van der Waals surface area contributed by atoms with E-state index >= 15 is 0 Å². The molecule has 0 aliphatic heterocycles. The summed E-state index contributed by atoms with van der Waals surface area (Å²) in [6.07, 6.45) is 3.19. The van der Waals surface area contributed by atoms with Crippen molar-refractivity contribution in [3.8, 4) is 11.1 Å². The molecule has 1 aliphatic carbocycles. The minimum atomic E-state index is -0.798. The molecular formula is C28H36N2O5. The number of benzene rings is 2. The van der Waals surface area contributed by atoms with Crippen LogP contribution in [0.25, 0.3) is 11.1 Å². The Balaban J connectivity index is 1.49. The fraction of sp³-hybridized carbons (Fsp3) is 0.464. The van der Waals surface area contributed by atoms with E-state index in [1.54, 1.807) is 0 Å². The van der Waals surface area contributed by atoms with Gasteiger partial charge in [0, 0.05) is 18.9 Å². The second-order valence-corrected chi connectivity index (χ2v) is 9.10. The van der Waals surface area contributed by atoms with Crippen molar-refractivity contribution >= 4 is 18.0 Å². The normalized spacial score (nSPS) is 13.9. The summed E-state index contributed by atoms with van der Waals surface area (Å²) >= 11 is 0. The number of ether oxygens (including phenoxy) is 1. The molecule has 2 amide bonds. The van der Waals surface area contributed by atoms with Gasteiger partial charge in [0.2, 0.25) is 5.91 Å². The van der Waals surface area contributed by atoms with E-state index in [4.69, 9.17) is 9.84 Å². The van der Waals surface area contributed by atoms with Crippen molar-refractivity contribution in [3.63, 3.8) is 0 Å². The van der Waals surface area contributed by atoms with Gasteiger partial charge in [-0.15, -0.1) is 0 Å². The van der Waals surface area contributed by atoms with Crippen molar-refractivity contribution in [2.24, 2.45) is 5.92 Å². The third kappa shape index (κ3) is 7.07. The SMILES string of the molecule is CCCC(CCNC(=O)C(CC)NC(=O)OCC1c2ccccc2-c2ccccc21)CCC(=O)O. The fourth-order valence-corrected chi connectivity index (χ4v) is 4.83.